The molecule has 0 heterocycles. The number of ether oxygens (including phenoxy) is 3. The molecule has 0 saturated carbocycles. The molecule has 0 bridgehead atoms. The van der Waals surface area contributed by atoms with Crippen molar-refractivity contribution in [3.8, 4) is 0 Å². The number of carbonyl (C=O) groups is 3. The number of esters is 3. The molecule has 0 spiro atoms. The summed E-state index contributed by atoms with van der Waals surface area (Å²) in [5.74, 6) is -1.47. The number of hydrogen-bond donors (Lipinski definition) is 2. The Balaban J connectivity index is 4.68. The van der Waals surface area contributed by atoms with Crippen LogP contribution in [0.3, 0.4) is 0 Å². The minimum Gasteiger partial charge on any atom is -0.462 e. The lowest BCUT2D eigenvalue weighted by atomic mass is 10.1. The van der Waals surface area contributed by atoms with Gasteiger partial charge < -0.3 is 24.2 Å². The Kier molecular flexibility index (Phi) is 61.5. The lowest BCUT2D eigenvalue weighted by Crippen LogP contribution is -2.30. The molecule has 12 heteroatoms. The summed E-state index contributed by atoms with van der Waals surface area (Å²) >= 11 is 0. The summed E-state index contributed by atoms with van der Waals surface area (Å²) in [4.78, 5) is 48.9. The minimum atomic E-state index is -4.76. The molecule has 3 unspecified atom stereocenters. The number of rotatable bonds is 63. The van der Waals surface area contributed by atoms with Gasteiger partial charge in [-0.15, -0.1) is 0 Å². The SMILES string of the molecule is CCCCC/C=C\C/C=C\CCCCCCCCCCCC(=O)OC(CO)COP(=O)(O)OCC(COC(=O)CCCCCCCCC/C=C\C/C=C\CCCCC)OC(=O)CCCCCCCCCCC/C=C\C/C=C\CCCCC. The minimum absolute atomic E-state index is 0.160. The zero-order chi connectivity index (χ0) is 59.8. The highest BCUT2D eigenvalue weighted by molar-refractivity contribution is 7.47. The molecule has 0 aromatic rings. The summed E-state index contributed by atoms with van der Waals surface area (Å²) in [5.41, 5.74) is 0. The summed E-state index contributed by atoms with van der Waals surface area (Å²) < 4.78 is 39.8. The predicted octanol–water partition coefficient (Wildman–Crippen LogP) is 20.8. The Bertz CT molecular complexity index is 1650. The molecule has 0 aliphatic carbocycles. The van der Waals surface area contributed by atoms with Gasteiger partial charge in [0.2, 0.25) is 0 Å². The molecule has 3 atom stereocenters. The van der Waals surface area contributed by atoms with Crippen LogP contribution in [0.5, 0.6) is 0 Å². The van der Waals surface area contributed by atoms with Gasteiger partial charge in [0.15, 0.2) is 6.10 Å². The number of hydrogen-bond acceptors (Lipinski definition) is 10. The summed E-state index contributed by atoms with van der Waals surface area (Å²) in [6.45, 7) is 4.61. The van der Waals surface area contributed by atoms with Crippen LogP contribution in [-0.4, -0.2) is 66.5 Å². The van der Waals surface area contributed by atoms with E-state index in [0.717, 1.165) is 96.3 Å². The highest BCUT2D eigenvalue weighted by Gasteiger charge is 2.28. The van der Waals surface area contributed by atoms with E-state index in [4.69, 9.17) is 23.3 Å². The van der Waals surface area contributed by atoms with E-state index in [0.29, 0.717) is 19.3 Å². The summed E-state index contributed by atoms with van der Waals surface area (Å²) in [5, 5.41) is 9.87. The van der Waals surface area contributed by atoms with Crippen molar-refractivity contribution in [2.24, 2.45) is 0 Å². The second-order valence-electron chi connectivity index (χ2n) is 22.6. The number of allylic oxidation sites excluding steroid dienone is 12. The lowest BCUT2D eigenvalue weighted by molar-refractivity contribution is -0.161. The molecule has 11 nitrogen and oxygen atoms in total. The van der Waals surface area contributed by atoms with Crippen molar-refractivity contribution < 1.29 is 52.2 Å². The zero-order valence-electron chi connectivity index (χ0n) is 53.0. The number of phosphoric acid groups is 1. The molecule has 476 valence electrons. The van der Waals surface area contributed by atoms with Gasteiger partial charge in [-0.1, -0.05) is 254 Å². The van der Waals surface area contributed by atoms with Crippen LogP contribution >= 0.6 is 7.82 Å². The maximum Gasteiger partial charge on any atom is 0.472 e. The van der Waals surface area contributed by atoms with Crippen molar-refractivity contribution in [3.05, 3.63) is 72.9 Å². The first-order chi connectivity index (χ1) is 40.2. The van der Waals surface area contributed by atoms with Gasteiger partial charge in [0.05, 0.1) is 19.8 Å². The fourth-order valence-electron chi connectivity index (χ4n) is 9.39. The second kappa shape index (κ2) is 63.9. The zero-order valence-corrected chi connectivity index (χ0v) is 53.8. The lowest BCUT2D eigenvalue weighted by Gasteiger charge is -2.21. The van der Waals surface area contributed by atoms with E-state index in [2.05, 4.69) is 93.7 Å². The van der Waals surface area contributed by atoms with Gasteiger partial charge in [0.25, 0.3) is 0 Å². The normalized spacial score (nSPS) is 13.7. The van der Waals surface area contributed by atoms with Crippen LogP contribution in [0.25, 0.3) is 0 Å². The molecule has 0 rings (SSSR count). The molecule has 0 aliphatic heterocycles. The average molecular weight is 1170 g/mol. The number of phosphoric ester groups is 1. The van der Waals surface area contributed by atoms with Crippen LogP contribution in [0.2, 0.25) is 0 Å². The molecular weight excluding hydrogens is 1050 g/mol. The van der Waals surface area contributed by atoms with Gasteiger partial charge in [-0.2, -0.15) is 0 Å². The van der Waals surface area contributed by atoms with Gasteiger partial charge in [-0.3, -0.25) is 23.4 Å². The van der Waals surface area contributed by atoms with Gasteiger partial charge in [0.1, 0.15) is 12.7 Å². The Morgan fingerprint density at radius 3 is 0.902 bits per heavy atom. The summed E-state index contributed by atoms with van der Waals surface area (Å²) in [6, 6.07) is 0. The van der Waals surface area contributed by atoms with Crippen molar-refractivity contribution in [1.29, 1.82) is 0 Å². The molecule has 0 aliphatic rings. The van der Waals surface area contributed by atoms with Gasteiger partial charge in [-0.05, 0) is 116 Å². The maximum absolute atomic E-state index is 13.0. The largest absolute Gasteiger partial charge is 0.472 e. The Hall–Kier alpha value is -3.08. The van der Waals surface area contributed by atoms with Crippen molar-refractivity contribution in [3.63, 3.8) is 0 Å². The summed E-state index contributed by atoms with van der Waals surface area (Å²) in [7, 11) is -4.76. The number of carbonyl (C=O) groups excluding carboxylic acids is 3. The standard InChI is InChI=1S/C70H125O11P/c1-4-7-10-13-16-19-22-25-28-31-33-36-39-42-45-48-51-54-57-60-69(73)80-66(62-71)64-78-82(75,76)79-65-67(63-77-68(72)59-56-53-50-47-44-41-38-35-30-27-24-21-18-15-12-9-6-3)81-70(74)61-58-55-52-49-46-43-40-37-34-32-29-26-23-20-17-14-11-8-5-2/h16-21,25-30,66-67,71H,4-15,22-24,31-65H2,1-3H3,(H,75,76)/b19-16-,20-17-,21-18-,28-25-,29-26-,30-27-. The molecule has 82 heavy (non-hydrogen) atoms. The van der Waals surface area contributed by atoms with Crippen molar-refractivity contribution in [1.82, 2.24) is 0 Å². The number of aliphatic hydroxyl groups excluding tert-OH is 1. The quantitative estimate of drug-likeness (QED) is 0.0197. The Morgan fingerprint density at radius 2 is 0.598 bits per heavy atom. The first-order valence-electron chi connectivity index (χ1n) is 33.8. The van der Waals surface area contributed by atoms with E-state index in [1.54, 1.807) is 0 Å². The van der Waals surface area contributed by atoms with E-state index < -0.39 is 57.8 Å². The third-order valence-corrected chi connectivity index (χ3v) is 15.5. The second-order valence-corrected chi connectivity index (χ2v) is 24.1. The van der Waals surface area contributed by atoms with Crippen LogP contribution in [0.15, 0.2) is 72.9 Å². The van der Waals surface area contributed by atoms with Gasteiger partial charge in [-0.25, -0.2) is 4.57 Å². The van der Waals surface area contributed by atoms with E-state index in [9.17, 15) is 28.9 Å². The third-order valence-electron chi connectivity index (χ3n) is 14.6. The fraction of sp³-hybridized carbons (Fsp3) is 0.786. The number of aliphatic hydroxyl groups is 1. The predicted molar refractivity (Wildman–Crippen MR) is 344 cm³/mol. The van der Waals surface area contributed by atoms with Gasteiger partial charge in [0, 0.05) is 19.3 Å². The average Bonchev–Trinajstić information content (AvgIpc) is 3.47. The van der Waals surface area contributed by atoms with E-state index in [1.807, 2.05) is 0 Å². The molecule has 0 saturated heterocycles. The molecular formula is C70H125O11P. The fourth-order valence-corrected chi connectivity index (χ4v) is 10.2. The molecule has 2 N–H and O–H groups in total. The molecule has 0 fully saturated rings. The topological polar surface area (TPSA) is 155 Å². The molecule has 0 aromatic carbocycles. The smallest absolute Gasteiger partial charge is 0.462 e. The van der Waals surface area contributed by atoms with Crippen LogP contribution in [0, 0.1) is 0 Å². The van der Waals surface area contributed by atoms with Crippen molar-refractivity contribution in [2.45, 2.75) is 328 Å². The van der Waals surface area contributed by atoms with Crippen LogP contribution in [0.1, 0.15) is 316 Å². The monoisotopic (exact) mass is 1170 g/mol. The third kappa shape index (κ3) is 61.5. The highest BCUT2D eigenvalue weighted by atomic mass is 31.2. The van der Waals surface area contributed by atoms with Crippen LogP contribution in [-0.2, 0) is 42.2 Å². The Labute approximate surface area is 503 Å². The van der Waals surface area contributed by atoms with Crippen molar-refractivity contribution >= 4 is 25.7 Å². The summed E-state index contributed by atoms with van der Waals surface area (Å²) in [6.07, 6.45) is 74.1. The molecule has 0 aromatic heterocycles. The van der Waals surface area contributed by atoms with E-state index >= 15 is 0 Å². The molecule has 0 amide bonds. The van der Waals surface area contributed by atoms with E-state index in [-0.39, 0.29) is 25.9 Å². The van der Waals surface area contributed by atoms with Gasteiger partial charge >= 0.3 is 25.7 Å². The van der Waals surface area contributed by atoms with Crippen molar-refractivity contribution in [2.75, 3.05) is 26.4 Å². The molecule has 0 radical (unpaired) electrons. The van der Waals surface area contributed by atoms with E-state index in [1.165, 1.54) is 161 Å². The highest BCUT2D eigenvalue weighted by Crippen LogP contribution is 2.43. The van der Waals surface area contributed by atoms with Crippen LogP contribution < -0.4 is 0 Å². The first kappa shape index (κ1) is 78.9. The Morgan fingerprint density at radius 1 is 0.341 bits per heavy atom. The first-order valence-corrected chi connectivity index (χ1v) is 35.3. The maximum atomic E-state index is 13.0. The number of unbranched alkanes of at least 4 members (excludes halogenated alkanes) is 34. The van der Waals surface area contributed by atoms with Crippen LogP contribution in [0.4, 0.5) is 0 Å².